The van der Waals surface area contributed by atoms with Gasteiger partial charge in [0.1, 0.15) is 0 Å². The average Bonchev–Trinajstić information content (AvgIpc) is 2.83. The number of halogens is 3. The van der Waals surface area contributed by atoms with Gasteiger partial charge < -0.3 is 9.47 Å². The van der Waals surface area contributed by atoms with Crippen LogP contribution in [0.4, 0.5) is 8.78 Å². The molecule has 0 unspecified atom stereocenters. The van der Waals surface area contributed by atoms with Gasteiger partial charge in [-0.15, -0.1) is 0 Å². The Labute approximate surface area is 136 Å². The molecule has 0 atom stereocenters. The third kappa shape index (κ3) is 2.76. The SMILES string of the molecule is CCn1cc(C(=O)N2CCCC(F)(F)C2)c2ccc(Br)cc21. The predicted octanol–water partition coefficient (Wildman–Crippen LogP) is 4.30. The van der Waals surface area contributed by atoms with E-state index in [1.165, 1.54) is 4.90 Å². The fourth-order valence-corrected chi connectivity index (χ4v) is 3.36. The van der Waals surface area contributed by atoms with Crippen molar-refractivity contribution >= 4 is 32.7 Å². The molecule has 1 aliphatic rings. The second kappa shape index (κ2) is 5.65. The lowest BCUT2D eigenvalue weighted by molar-refractivity contribution is -0.0560. The van der Waals surface area contributed by atoms with Gasteiger partial charge in [0.25, 0.3) is 11.8 Å². The van der Waals surface area contributed by atoms with E-state index >= 15 is 0 Å². The van der Waals surface area contributed by atoms with Gasteiger partial charge in [-0.2, -0.15) is 0 Å². The minimum Gasteiger partial charge on any atom is -0.347 e. The Morgan fingerprint density at radius 1 is 1.41 bits per heavy atom. The number of likely N-dealkylation sites (tertiary alicyclic amines) is 1. The number of rotatable bonds is 2. The van der Waals surface area contributed by atoms with Crippen molar-refractivity contribution in [3.63, 3.8) is 0 Å². The molecular formula is C16H17BrF2N2O. The molecule has 1 aliphatic heterocycles. The van der Waals surface area contributed by atoms with E-state index in [1.54, 1.807) is 6.20 Å². The number of fused-ring (bicyclic) bond motifs is 1. The van der Waals surface area contributed by atoms with E-state index in [0.717, 1.165) is 21.9 Å². The summed E-state index contributed by atoms with van der Waals surface area (Å²) in [4.78, 5) is 14.0. The standard InChI is InChI=1S/C16H17BrF2N2O/c1-2-20-9-13(12-5-4-11(17)8-14(12)20)15(22)21-7-3-6-16(18,19)10-21/h4-5,8-9H,2-3,6-7,10H2,1H3. The first-order chi connectivity index (χ1) is 10.4. The molecule has 118 valence electrons. The van der Waals surface area contributed by atoms with Gasteiger partial charge in [0, 0.05) is 41.1 Å². The molecule has 6 heteroatoms. The summed E-state index contributed by atoms with van der Waals surface area (Å²) < 4.78 is 30.0. The molecule has 0 saturated carbocycles. The van der Waals surface area contributed by atoms with E-state index in [1.807, 2.05) is 29.7 Å². The number of amides is 1. The first kappa shape index (κ1) is 15.5. The molecule has 2 heterocycles. The zero-order valence-electron chi connectivity index (χ0n) is 12.3. The van der Waals surface area contributed by atoms with E-state index < -0.39 is 12.5 Å². The smallest absolute Gasteiger partial charge is 0.265 e. The van der Waals surface area contributed by atoms with Gasteiger partial charge in [-0.25, -0.2) is 8.78 Å². The lowest BCUT2D eigenvalue weighted by atomic mass is 10.1. The summed E-state index contributed by atoms with van der Waals surface area (Å²) >= 11 is 3.43. The topological polar surface area (TPSA) is 25.2 Å². The number of benzene rings is 1. The van der Waals surface area contributed by atoms with E-state index in [2.05, 4.69) is 15.9 Å². The minimum absolute atomic E-state index is 0.138. The van der Waals surface area contributed by atoms with Crippen molar-refractivity contribution in [3.8, 4) is 0 Å². The summed E-state index contributed by atoms with van der Waals surface area (Å²) in [5, 5.41) is 0.809. The van der Waals surface area contributed by atoms with Crippen LogP contribution in [0.5, 0.6) is 0 Å². The first-order valence-corrected chi connectivity index (χ1v) is 8.16. The van der Waals surface area contributed by atoms with Gasteiger partial charge in [0.2, 0.25) is 0 Å². The van der Waals surface area contributed by atoms with Gasteiger partial charge in [0.05, 0.1) is 12.1 Å². The summed E-state index contributed by atoms with van der Waals surface area (Å²) in [5.74, 6) is -3.08. The summed E-state index contributed by atoms with van der Waals surface area (Å²) in [6.07, 6.45) is 1.98. The van der Waals surface area contributed by atoms with Crippen LogP contribution < -0.4 is 0 Å². The summed E-state index contributed by atoms with van der Waals surface area (Å²) in [6.45, 7) is 2.62. The quantitative estimate of drug-likeness (QED) is 0.773. The molecule has 22 heavy (non-hydrogen) atoms. The maximum Gasteiger partial charge on any atom is 0.265 e. The van der Waals surface area contributed by atoms with Crippen molar-refractivity contribution in [2.24, 2.45) is 0 Å². The first-order valence-electron chi connectivity index (χ1n) is 7.37. The van der Waals surface area contributed by atoms with Crippen LogP contribution in [0.3, 0.4) is 0 Å². The van der Waals surface area contributed by atoms with Gasteiger partial charge in [0.15, 0.2) is 0 Å². The predicted molar refractivity (Wildman–Crippen MR) is 85.4 cm³/mol. The lowest BCUT2D eigenvalue weighted by Gasteiger charge is -2.32. The minimum atomic E-state index is -2.78. The van der Waals surface area contributed by atoms with E-state index in [4.69, 9.17) is 0 Å². The fraction of sp³-hybridized carbons (Fsp3) is 0.438. The zero-order chi connectivity index (χ0) is 15.9. The second-order valence-electron chi connectivity index (χ2n) is 5.68. The van der Waals surface area contributed by atoms with Crippen molar-refractivity contribution in [1.29, 1.82) is 0 Å². The van der Waals surface area contributed by atoms with Crippen molar-refractivity contribution in [2.75, 3.05) is 13.1 Å². The molecule has 0 spiro atoms. The van der Waals surface area contributed by atoms with Crippen molar-refractivity contribution in [3.05, 3.63) is 34.4 Å². The molecule has 0 radical (unpaired) electrons. The molecule has 3 nitrogen and oxygen atoms in total. The summed E-state index contributed by atoms with van der Waals surface area (Å²) in [6, 6.07) is 5.67. The molecule has 1 saturated heterocycles. The molecule has 1 amide bonds. The van der Waals surface area contributed by atoms with Crippen LogP contribution >= 0.6 is 15.9 Å². The van der Waals surface area contributed by atoms with Gasteiger partial charge in [-0.3, -0.25) is 4.79 Å². The zero-order valence-corrected chi connectivity index (χ0v) is 13.9. The number of carbonyl (C=O) groups is 1. The fourth-order valence-electron chi connectivity index (χ4n) is 3.01. The molecule has 0 aliphatic carbocycles. The Bertz CT molecular complexity index is 726. The van der Waals surface area contributed by atoms with Crippen LogP contribution in [0.25, 0.3) is 10.9 Å². The number of aryl methyl sites for hydroxylation is 1. The van der Waals surface area contributed by atoms with E-state index in [0.29, 0.717) is 18.5 Å². The lowest BCUT2D eigenvalue weighted by Crippen LogP contribution is -2.45. The highest BCUT2D eigenvalue weighted by atomic mass is 79.9. The highest BCUT2D eigenvalue weighted by Crippen LogP contribution is 2.30. The molecule has 0 bridgehead atoms. The number of carbonyl (C=O) groups excluding carboxylic acids is 1. The largest absolute Gasteiger partial charge is 0.347 e. The van der Waals surface area contributed by atoms with Gasteiger partial charge in [-0.05, 0) is 25.5 Å². The van der Waals surface area contributed by atoms with E-state index in [-0.39, 0.29) is 12.3 Å². The highest BCUT2D eigenvalue weighted by molar-refractivity contribution is 9.10. The Kier molecular flexibility index (Phi) is 3.97. The number of nitrogens with zero attached hydrogens (tertiary/aromatic N) is 2. The van der Waals surface area contributed by atoms with Crippen LogP contribution in [0.2, 0.25) is 0 Å². The summed E-state index contributed by atoms with van der Waals surface area (Å²) in [7, 11) is 0. The Morgan fingerprint density at radius 3 is 2.86 bits per heavy atom. The van der Waals surface area contributed by atoms with Crippen molar-refractivity contribution < 1.29 is 13.6 Å². The second-order valence-corrected chi connectivity index (χ2v) is 6.59. The third-order valence-corrected chi connectivity index (χ3v) is 4.59. The number of hydrogen-bond donors (Lipinski definition) is 0. The third-order valence-electron chi connectivity index (χ3n) is 4.10. The Balaban J connectivity index is 2.01. The summed E-state index contributed by atoms with van der Waals surface area (Å²) in [5.41, 5.74) is 1.44. The van der Waals surface area contributed by atoms with Gasteiger partial charge in [-0.1, -0.05) is 22.0 Å². The van der Waals surface area contributed by atoms with Crippen LogP contribution in [0.15, 0.2) is 28.9 Å². The number of alkyl halides is 2. The van der Waals surface area contributed by atoms with Crippen molar-refractivity contribution in [1.82, 2.24) is 9.47 Å². The molecule has 1 aromatic heterocycles. The van der Waals surface area contributed by atoms with E-state index in [9.17, 15) is 13.6 Å². The monoisotopic (exact) mass is 370 g/mol. The highest BCUT2D eigenvalue weighted by Gasteiger charge is 2.37. The van der Waals surface area contributed by atoms with Gasteiger partial charge >= 0.3 is 0 Å². The molecule has 1 fully saturated rings. The number of hydrogen-bond acceptors (Lipinski definition) is 1. The van der Waals surface area contributed by atoms with Crippen LogP contribution in [-0.4, -0.2) is 34.4 Å². The van der Waals surface area contributed by atoms with Crippen LogP contribution in [0.1, 0.15) is 30.1 Å². The normalized spacial score (nSPS) is 17.9. The Hall–Kier alpha value is -1.43. The van der Waals surface area contributed by atoms with Crippen molar-refractivity contribution in [2.45, 2.75) is 32.2 Å². The van der Waals surface area contributed by atoms with Crippen LogP contribution in [-0.2, 0) is 6.54 Å². The Morgan fingerprint density at radius 2 is 2.18 bits per heavy atom. The maximum atomic E-state index is 13.6. The molecule has 1 aromatic carbocycles. The number of piperidine rings is 1. The maximum absolute atomic E-state index is 13.6. The number of aromatic nitrogens is 1. The molecule has 0 N–H and O–H groups in total. The molecule has 2 aromatic rings. The molecule has 3 rings (SSSR count). The van der Waals surface area contributed by atoms with Crippen LogP contribution in [0, 0.1) is 0 Å². The average molecular weight is 371 g/mol. The molecular weight excluding hydrogens is 354 g/mol.